The highest BCUT2D eigenvalue weighted by Gasteiger charge is 2.15. The Morgan fingerprint density at radius 2 is 1.91 bits per heavy atom. The van der Waals surface area contributed by atoms with Crippen LogP contribution in [0.5, 0.6) is 0 Å². The highest BCUT2D eigenvalue weighted by Crippen LogP contribution is 2.26. The number of fused-ring (bicyclic) bond motifs is 1. The summed E-state index contributed by atoms with van der Waals surface area (Å²) in [5.41, 5.74) is 2.59. The molecule has 9 heteroatoms. The summed E-state index contributed by atoms with van der Waals surface area (Å²) < 4.78 is 21.3. The van der Waals surface area contributed by atoms with Crippen LogP contribution in [-0.2, 0) is 24.2 Å². The number of thioether (sulfide) groups is 1. The van der Waals surface area contributed by atoms with Gasteiger partial charge in [0.2, 0.25) is 0 Å². The minimum atomic E-state index is -0.243. The maximum atomic E-state index is 14.2. The van der Waals surface area contributed by atoms with Crippen LogP contribution in [0.2, 0.25) is 0 Å². The number of aryl methyl sites for hydroxylation is 2. The molecule has 0 spiro atoms. The minimum Gasteiger partial charge on any atom is -0.498 e. The predicted molar refractivity (Wildman–Crippen MR) is 132 cm³/mol. The Balaban J connectivity index is 1.40. The van der Waals surface area contributed by atoms with E-state index in [9.17, 15) is 4.39 Å². The number of ether oxygens (including phenoxy) is 1. The average Bonchev–Trinajstić information content (AvgIpc) is 3.30. The van der Waals surface area contributed by atoms with Crippen LogP contribution >= 0.6 is 11.8 Å². The van der Waals surface area contributed by atoms with Gasteiger partial charge in [-0.25, -0.2) is 19.0 Å². The minimum absolute atomic E-state index is 0.243. The van der Waals surface area contributed by atoms with Crippen molar-refractivity contribution in [1.29, 1.82) is 0 Å². The molecule has 4 aromatic rings. The van der Waals surface area contributed by atoms with Gasteiger partial charge in [-0.2, -0.15) is 5.10 Å². The van der Waals surface area contributed by atoms with Crippen molar-refractivity contribution in [2.24, 2.45) is 0 Å². The Morgan fingerprint density at radius 1 is 1.06 bits per heavy atom. The van der Waals surface area contributed by atoms with Gasteiger partial charge < -0.3 is 15.0 Å². The lowest BCUT2D eigenvalue weighted by atomic mass is 10.1. The Kier molecular flexibility index (Phi) is 6.90. The molecule has 0 bridgehead atoms. The fourth-order valence-electron chi connectivity index (χ4n) is 3.69. The lowest BCUT2D eigenvalue weighted by molar-refractivity contribution is 0.184. The van der Waals surface area contributed by atoms with E-state index in [1.807, 2.05) is 35.1 Å². The van der Waals surface area contributed by atoms with Crippen molar-refractivity contribution in [2.45, 2.75) is 24.7 Å². The number of benzene rings is 2. The summed E-state index contributed by atoms with van der Waals surface area (Å²) in [7, 11) is 0. The van der Waals surface area contributed by atoms with Crippen LogP contribution in [0.4, 0.5) is 10.2 Å². The van der Waals surface area contributed by atoms with Gasteiger partial charge in [0.05, 0.1) is 30.3 Å². The average molecular weight is 477 g/mol. The van der Waals surface area contributed by atoms with E-state index >= 15 is 0 Å². The molecule has 0 fully saturated rings. The summed E-state index contributed by atoms with van der Waals surface area (Å²) in [5, 5.41) is 9.36. The molecular weight excluding hydrogens is 451 g/mol. The Bertz CT molecular complexity index is 1280. The van der Waals surface area contributed by atoms with Crippen molar-refractivity contribution in [1.82, 2.24) is 24.6 Å². The summed E-state index contributed by atoms with van der Waals surface area (Å²) in [5.74, 6) is 1.11. The third kappa shape index (κ3) is 5.31. The monoisotopic (exact) mass is 476 g/mol. The lowest BCUT2D eigenvalue weighted by Gasteiger charge is -2.22. The molecule has 1 aliphatic rings. The van der Waals surface area contributed by atoms with E-state index in [0.717, 1.165) is 24.0 Å². The second-order valence-electron chi connectivity index (χ2n) is 7.88. The first-order chi connectivity index (χ1) is 16.8. The van der Waals surface area contributed by atoms with Gasteiger partial charge in [0.25, 0.3) is 0 Å². The summed E-state index contributed by atoms with van der Waals surface area (Å²) in [6, 6.07) is 17.1. The van der Waals surface area contributed by atoms with Gasteiger partial charge in [0.15, 0.2) is 10.8 Å². The van der Waals surface area contributed by atoms with E-state index < -0.39 is 0 Å². The molecule has 2 aromatic heterocycles. The largest absolute Gasteiger partial charge is 0.498 e. The van der Waals surface area contributed by atoms with Gasteiger partial charge in [-0.3, -0.25) is 0 Å². The zero-order valence-electron chi connectivity index (χ0n) is 18.6. The molecular formula is C25H25FN6OS. The number of hydrogen-bond donors (Lipinski definition) is 1. The lowest BCUT2D eigenvalue weighted by Crippen LogP contribution is -2.24. The second-order valence-corrected chi connectivity index (χ2v) is 8.79. The molecule has 0 saturated carbocycles. The molecule has 0 saturated heterocycles. The first kappa shape index (κ1) is 22.2. The molecule has 2 aromatic carbocycles. The van der Waals surface area contributed by atoms with Crippen molar-refractivity contribution >= 4 is 28.6 Å². The van der Waals surface area contributed by atoms with Gasteiger partial charge in [-0.15, -0.1) is 0 Å². The van der Waals surface area contributed by atoms with Gasteiger partial charge in [0, 0.05) is 24.9 Å². The van der Waals surface area contributed by atoms with E-state index in [1.165, 1.54) is 11.6 Å². The number of aromatic nitrogens is 4. The number of anilines is 1. The first-order valence-electron chi connectivity index (χ1n) is 11.2. The maximum Gasteiger partial charge on any atom is 0.193 e. The van der Waals surface area contributed by atoms with E-state index in [1.54, 1.807) is 36.4 Å². The van der Waals surface area contributed by atoms with E-state index in [0.29, 0.717) is 42.1 Å². The molecule has 0 atom stereocenters. The van der Waals surface area contributed by atoms with Crippen molar-refractivity contribution < 1.29 is 9.13 Å². The predicted octanol–water partition coefficient (Wildman–Crippen LogP) is 4.67. The molecule has 0 unspecified atom stereocenters. The summed E-state index contributed by atoms with van der Waals surface area (Å²) in [6.07, 6.45) is 6.26. The summed E-state index contributed by atoms with van der Waals surface area (Å²) >= 11 is 1.55. The number of halogens is 1. The molecule has 0 aliphatic carbocycles. The van der Waals surface area contributed by atoms with Crippen LogP contribution in [0.3, 0.4) is 0 Å². The standard InChI is InChI=1S/C25H25FN6OS/c26-22-9-5-4-8-20(22)16-27-23-21-17-28-32(11-10-19-6-2-1-3-7-19)24(21)30-25(29-23)34-18-31-12-14-33-15-13-31/h1-9,12,14,17H,10-11,13,15-16,18H2,(H,27,29,30). The Morgan fingerprint density at radius 3 is 2.74 bits per heavy atom. The van der Waals surface area contributed by atoms with E-state index in [-0.39, 0.29) is 5.82 Å². The number of hydrogen-bond acceptors (Lipinski definition) is 7. The van der Waals surface area contributed by atoms with Crippen LogP contribution in [0.1, 0.15) is 11.1 Å². The van der Waals surface area contributed by atoms with Gasteiger partial charge >= 0.3 is 0 Å². The highest BCUT2D eigenvalue weighted by molar-refractivity contribution is 7.99. The zero-order chi connectivity index (χ0) is 23.2. The molecule has 3 heterocycles. The molecule has 0 amide bonds. The van der Waals surface area contributed by atoms with Crippen molar-refractivity contribution in [3.63, 3.8) is 0 Å². The van der Waals surface area contributed by atoms with E-state index in [4.69, 9.17) is 14.7 Å². The topological polar surface area (TPSA) is 68.1 Å². The van der Waals surface area contributed by atoms with Gasteiger partial charge in [-0.05, 0) is 18.1 Å². The van der Waals surface area contributed by atoms with Crippen LogP contribution in [0.15, 0.2) is 78.4 Å². The van der Waals surface area contributed by atoms with Crippen LogP contribution in [-0.4, -0.2) is 43.7 Å². The van der Waals surface area contributed by atoms with Crippen molar-refractivity contribution in [3.05, 3.63) is 90.2 Å². The third-order valence-corrected chi connectivity index (χ3v) is 6.46. The van der Waals surface area contributed by atoms with Gasteiger partial charge in [-0.1, -0.05) is 60.3 Å². The van der Waals surface area contributed by atoms with Crippen LogP contribution in [0, 0.1) is 5.82 Å². The summed E-state index contributed by atoms with van der Waals surface area (Å²) in [6.45, 7) is 2.51. The Labute approximate surface area is 201 Å². The SMILES string of the molecule is Fc1ccccc1CNc1nc(SCN2C=COCC2)nc2c1cnn2CCc1ccccc1. The van der Waals surface area contributed by atoms with Crippen LogP contribution < -0.4 is 5.32 Å². The van der Waals surface area contributed by atoms with E-state index in [2.05, 4.69) is 27.4 Å². The molecule has 1 N–H and O–H groups in total. The molecule has 34 heavy (non-hydrogen) atoms. The number of nitrogens with one attached hydrogen (secondary N) is 1. The second kappa shape index (κ2) is 10.6. The third-order valence-electron chi connectivity index (χ3n) is 5.56. The first-order valence-corrected chi connectivity index (χ1v) is 12.1. The summed E-state index contributed by atoms with van der Waals surface area (Å²) in [4.78, 5) is 11.7. The fourth-order valence-corrected chi connectivity index (χ4v) is 4.49. The number of nitrogens with zero attached hydrogens (tertiary/aromatic N) is 5. The van der Waals surface area contributed by atoms with Crippen LogP contribution in [0.25, 0.3) is 11.0 Å². The highest BCUT2D eigenvalue weighted by atomic mass is 32.2. The molecule has 174 valence electrons. The molecule has 5 rings (SSSR count). The smallest absolute Gasteiger partial charge is 0.193 e. The van der Waals surface area contributed by atoms with Crippen molar-refractivity contribution in [2.75, 3.05) is 24.3 Å². The molecule has 1 aliphatic heterocycles. The van der Waals surface area contributed by atoms with Crippen molar-refractivity contribution in [3.8, 4) is 0 Å². The molecule has 7 nitrogen and oxygen atoms in total. The Hall–Kier alpha value is -3.59. The normalized spacial score (nSPS) is 13.3. The molecule has 0 radical (unpaired) electrons. The van der Waals surface area contributed by atoms with Gasteiger partial charge in [0.1, 0.15) is 18.2 Å². The maximum absolute atomic E-state index is 14.2. The zero-order valence-corrected chi connectivity index (χ0v) is 19.4. The fraction of sp³-hybridized carbons (Fsp3) is 0.240. The quantitative estimate of drug-likeness (QED) is 0.278. The number of rotatable bonds is 9.